The fourth-order valence-electron chi connectivity index (χ4n) is 4.90. The first-order chi connectivity index (χ1) is 16.8. The van der Waals surface area contributed by atoms with Crippen molar-refractivity contribution in [3.05, 3.63) is 39.7 Å². The first kappa shape index (κ1) is 25.3. The van der Waals surface area contributed by atoms with E-state index in [4.69, 9.17) is 15.2 Å². The number of ketones is 1. The van der Waals surface area contributed by atoms with E-state index < -0.39 is 27.8 Å². The van der Waals surface area contributed by atoms with Gasteiger partial charge < -0.3 is 20.5 Å². The zero-order chi connectivity index (χ0) is 26.4. The maximum atomic E-state index is 13.5. The van der Waals surface area contributed by atoms with Crippen LogP contribution >= 0.6 is 0 Å². The average molecular weight is 498 g/mol. The molecule has 11 nitrogen and oxygen atoms in total. The van der Waals surface area contributed by atoms with Crippen LogP contribution in [0.1, 0.15) is 76.2 Å². The summed E-state index contributed by atoms with van der Waals surface area (Å²) in [5.74, 6) is -0.227. The Morgan fingerprint density at radius 3 is 2.47 bits per heavy atom. The van der Waals surface area contributed by atoms with Gasteiger partial charge in [0.25, 0.3) is 0 Å². The van der Waals surface area contributed by atoms with Gasteiger partial charge in [-0.1, -0.05) is 0 Å². The molecule has 1 aromatic carbocycles. The fraction of sp³-hybridized carbons (Fsp3) is 0.520. The molecule has 2 aliphatic carbocycles. The summed E-state index contributed by atoms with van der Waals surface area (Å²) >= 11 is 0. The Labute approximate surface area is 208 Å². The molecule has 1 saturated carbocycles. The lowest BCUT2D eigenvalue weighted by Crippen LogP contribution is -2.42. The van der Waals surface area contributed by atoms with E-state index in [1.54, 1.807) is 40.7 Å². The van der Waals surface area contributed by atoms with E-state index in [1.807, 2.05) is 0 Å². The largest absolute Gasteiger partial charge is 0.483 e. The number of carbonyl (C=O) groups excluding carboxylic acids is 2. The number of ether oxygens (including phenoxy) is 2. The molecule has 0 unspecified atom stereocenters. The molecule has 0 spiro atoms. The molecule has 3 N–H and O–H groups in total. The minimum Gasteiger partial charge on any atom is -0.483 e. The van der Waals surface area contributed by atoms with Gasteiger partial charge in [-0.3, -0.25) is 14.9 Å². The zero-order valence-electron chi connectivity index (χ0n) is 21.1. The van der Waals surface area contributed by atoms with Gasteiger partial charge in [-0.05, 0) is 72.4 Å². The molecule has 1 heterocycles. The van der Waals surface area contributed by atoms with Gasteiger partial charge in [0.2, 0.25) is 0 Å². The first-order valence-electron chi connectivity index (χ1n) is 11.9. The Hall–Kier alpha value is -3.76. The molecule has 0 radical (unpaired) electrons. The van der Waals surface area contributed by atoms with Crippen molar-refractivity contribution in [1.82, 2.24) is 15.3 Å². The molecular formula is C25H31N5O6. The van der Waals surface area contributed by atoms with E-state index in [-0.39, 0.29) is 35.0 Å². The fourth-order valence-corrected chi connectivity index (χ4v) is 4.90. The second-order valence-corrected chi connectivity index (χ2v) is 10.8. The predicted octanol–water partition coefficient (Wildman–Crippen LogP) is 4.32. The quantitative estimate of drug-likeness (QED) is 0.463. The van der Waals surface area contributed by atoms with Crippen LogP contribution < -0.4 is 15.8 Å². The standard InChI is InChI=1S/C25H31N5O6/c1-24(2,3)36-23(32)29-13-6-8-14(9-7-13)35-16-11-10-15-17(20(16)30(33)34)21(31)25(4,5)18-19(15)27-12-28-22(18)26/h10-14H,6-9H2,1-5H3,(H,29,32)(H2,26,27,28)/t13-,14-. The van der Waals surface area contributed by atoms with Crippen LogP contribution in [0.2, 0.25) is 0 Å². The number of aromatic nitrogens is 2. The molecule has 192 valence electrons. The number of nitrogens with zero attached hydrogens (tertiary/aromatic N) is 3. The Morgan fingerprint density at radius 2 is 1.86 bits per heavy atom. The molecular weight excluding hydrogens is 466 g/mol. The number of carbonyl (C=O) groups is 2. The van der Waals surface area contributed by atoms with Crippen LogP contribution in [0.3, 0.4) is 0 Å². The summed E-state index contributed by atoms with van der Waals surface area (Å²) in [5, 5.41) is 15.1. The van der Waals surface area contributed by atoms with Gasteiger partial charge in [0.15, 0.2) is 11.5 Å². The van der Waals surface area contributed by atoms with Gasteiger partial charge in [-0.15, -0.1) is 0 Å². The number of nitrogens with two attached hydrogens (primary N) is 1. The summed E-state index contributed by atoms with van der Waals surface area (Å²) in [5.41, 5.74) is 5.13. The van der Waals surface area contributed by atoms with Gasteiger partial charge in [0.05, 0.1) is 22.1 Å². The summed E-state index contributed by atoms with van der Waals surface area (Å²) in [6.45, 7) is 8.72. The van der Waals surface area contributed by atoms with E-state index in [0.717, 1.165) is 0 Å². The molecule has 2 aliphatic rings. The minimum atomic E-state index is -1.15. The number of nitrogen functional groups attached to an aromatic ring is 1. The summed E-state index contributed by atoms with van der Waals surface area (Å²) in [7, 11) is 0. The van der Waals surface area contributed by atoms with Crippen molar-refractivity contribution in [2.45, 2.75) is 83.5 Å². The summed E-state index contributed by atoms with van der Waals surface area (Å²) in [6, 6.07) is 3.06. The maximum absolute atomic E-state index is 13.5. The lowest BCUT2D eigenvalue weighted by atomic mass is 9.70. The Morgan fingerprint density at radius 1 is 1.19 bits per heavy atom. The summed E-state index contributed by atoms with van der Waals surface area (Å²) in [6.07, 6.45) is 2.96. The van der Waals surface area contributed by atoms with Crippen LogP contribution in [0.5, 0.6) is 5.75 Å². The van der Waals surface area contributed by atoms with Crippen molar-refractivity contribution in [1.29, 1.82) is 0 Å². The number of hydrogen-bond acceptors (Lipinski definition) is 9. The van der Waals surface area contributed by atoms with Gasteiger partial charge in [0.1, 0.15) is 23.3 Å². The highest BCUT2D eigenvalue weighted by Crippen LogP contribution is 2.49. The summed E-state index contributed by atoms with van der Waals surface area (Å²) < 4.78 is 11.4. The molecule has 0 atom stereocenters. The Bertz CT molecular complexity index is 1230. The molecule has 1 aromatic heterocycles. The monoisotopic (exact) mass is 497 g/mol. The normalized spacial score (nSPS) is 20.6. The molecule has 36 heavy (non-hydrogen) atoms. The smallest absolute Gasteiger partial charge is 0.407 e. The third kappa shape index (κ3) is 4.69. The number of hydrogen-bond donors (Lipinski definition) is 2. The van der Waals surface area contributed by atoms with Crippen LogP contribution in [0.25, 0.3) is 11.3 Å². The van der Waals surface area contributed by atoms with Crippen molar-refractivity contribution < 1.29 is 24.0 Å². The third-order valence-electron chi connectivity index (χ3n) is 6.56. The van der Waals surface area contributed by atoms with Gasteiger partial charge in [-0.25, -0.2) is 14.8 Å². The third-order valence-corrected chi connectivity index (χ3v) is 6.56. The number of nitro benzene ring substituents is 1. The topological polar surface area (TPSA) is 160 Å². The van der Waals surface area contributed by atoms with Crippen LogP contribution in [-0.2, 0) is 10.2 Å². The number of nitrogens with one attached hydrogen (secondary N) is 1. The van der Waals surface area contributed by atoms with Gasteiger partial charge >= 0.3 is 11.8 Å². The Balaban J connectivity index is 1.58. The number of nitro groups is 1. The molecule has 4 rings (SSSR count). The number of anilines is 1. The molecule has 2 aromatic rings. The van der Waals surface area contributed by atoms with Crippen molar-refractivity contribution in [3.8, 4) is 17.0 Å². The molecule has 0 bridgehead atoms. The van der Waals surface area contributed by atoms with Crippen LogP contribution in [-0.4, -0.2) is 44.5 Å². The van der Waals surface area contributed by atoms with Crippen LogP contribution in [0.4, 0.5) is 16.3 Å². The zero-order valence-corrected chi connectivity index (χ0v) is 21.1. The minimum absolute atomic E-state index is 0.0339. The molecule has 11 heteroatoms. The number of benzene rings is 1. The molecule has 1 amide bonds. The number of rotatable bonds is 4. The number of amides is 1. The highest BCUT2D eigenvalue weighted by molar-refractivity contribution is 6.15. The number of Topliss-reactive ketones (excluding diaryl/α,β-unsaturated/α-hetero) is 1. The van der Waals surface area contributed by atoms with E-state index in [0.29, 0.717) is 42.5 Å². The van der Waals surface area contributed by atoms with E-state index in [9.17, 15) is 19.7 Å². The summed E-state index contributed by atoms with van der Waals surface area (Å²) in [4.78, 5) is 45.6. The van der Waals surface area contributed by atoms with E-state index in [2.05, 4.69) is 15.3 Å². The van der Waals surface area contributed by atoms with Crippen LogP contribution in [0, 0.1) is 10.1 Å². The van der Waals surface area contributed by atoms with Crippen molar-refractivity contribution >= 4 is 23.4 Å². The molecule has 0 aliphatic heterocycles. The average Bonchev–Trinajstić information content (AvgIpc) is 2.77. The molecule has 0 saturated heterocycles. The second-order valence-electron chi connectivity index (χ2n) is 10.8. The second kappa shape index (κ2) is 9.03. The van der Waals surface area contributed by atoms with Crippen molar-refractivity contribution in [2.75, 3.05) is 5.73 Å². The van der Waals surface area contributed by atoms with E-state index >= 15 is 0 Å². The van der Waals surface area contributed by atoms with Crippen LogP contribution in [0.15, 0.2) is 18.5 Å². The lowest BCUT2D eigenvalue weighted by molar-refractivity contribution is -0.386. The predicted molar refractivity (Wildman–Crippen MR) is 132 cm³/mol. The SMILES string of the molecule is CC(C)(C)OC(=O)N[C@H]1CC[C@H](Oc2ccc3c(c2[N+](=O)[O-])C(=O)C(C)(C)c2c(N)ncnc2-3)CC1. The van der Waals surface area contributed by atoms with Gasteiger partial charge in [-0.2, -0.15) is 0 Å². The highest BCUT2D eigenvalue weighted by atomic mass is 16.6. The van der Waals surface area contributed by atoms with Gasteiger partial charge in [0, 0.05) is 17.2 Å². The van der Waals surface area contributed by atoms with Crippen molar-refractivity contribution in [3.63, 3.8) is 0 Å². The molecule has 1 fully saturated rings. The first-order valence-corrected chi connectivity index (χ1v) is 11.9. The lowest BCUT2D eigenvalue weighted by Gasteiger charge is -2.33. The van der Waals surface area contributed by atoms with E-state index in [1.165, 1.54) is 12.4 Å². The highest BCUT2D eigenvalue weighted by Gasteiger charge is 2.46. The Kier molecular flexibility index (Phi) is 6.36. The maximum Gasteiger partial charge on any atom is 0.407 e. The van der Waals surface area contributed by atoms with Crippen molar-refractivity contribution in [2.24, 2.45) is 0 Å². The number of fused-ring (bicyclic) bond motifs is 3. The number of alkyl carbamates (subject to hydrolysis) is 1.